The van der Waals surface area contributed by atoms with Gasteiger partial charge in [-0.15, -0.1) is 0 Å². The van der Waals surface area contributed by atoms with Crippen LogP contribution in [0.3, 0.4) is 0 Å². The molecular weight excluding hydrogens is 362 g/mol. The molecule has 0 aliphatic carbocycles. The maximum absolute atomic E-state index is 12.2. The quantitative estimate of drug-likeness (QED) is 0.815. The van der Waals surface area contributed by atoms with Crippen LogP contribution in [-0.4, -0.2) is 42.3 Å². The number of halogens is 1. The molecule has 0 saturated heterocycles. The summed E-state index contributed by atoms with van der Waals surface area (Å²) in [5.74, 6) is 0. The highest BCUT2D eigenvalue weighted by Gasteiger charge is 2.26. The number of hydrogen-bond donors (Lipinski definition) is 2. The zero-order chi connectivity index (χ0) is 17.5. The zero-order valence-electron chi connectivity index (χ0n) is 13.8. The summed E-state index contributed by atoms with van der Waals surface area (Å²) in [5.41, 5.74) is 5.88. The zero-order valence-corrected chi connectivity index (χ0v) is 15.4. The summed E-state index contributed by atoms with van der Waals surface area (Å²) in [6.45, 7) is 5.93. The molecule has 7 heteroatoms. The molecule has 1 aromatic rings. The smallest absolute Gasteiger partial charge is 0.418 e. The topological polar surface area (TPSA) is 84.7 Å². The number of urea groups is 1. The molecular formula is C16H24BrN3O3. The lowest BCUT2D eigenvalue weighted by atomic mass is 10.1. The van der Waals surface area contributed by atoms with Crippen LogP contribution in [0.5, 0.6) is 0 Å². The van der Waals surface area contributed by atoms with Crippen molar-refractivity contribution in [2.75, 3.05) is 19.6 Å². The van der Waals surface area contributed by atoms with E-state index in [2.05, 4.69) is 21.2 Å². The number of nitrogens with one attached hydrogen (secondary N) is 1. The Bertz CT molecular complexity index is 544. The minimum absolute atomic E-state index is 0.107. The van der Waals surface area contributed by atoms with Gasteiger partial charge in [0.1, 0.15) is 5.60 Å². The van der Waals surface area contributed by atoms with Gasteiger partial charge in [0.25, 0.3) is 0 Å². The van der Waals surface area contributed by atoms with Gasteiger partial charge >= 0.3 is 12.1 Å². The fraction of sp³-hybridized carbons (Fsp3) is 0.500. The van der Waals surface area contributed by atoms with Gasteiger partial charge in [-0.2, -0.15) is 0 Å². The number of hydrogen-bond acceptors (Lipinski definition) is 4. The van der Waals surface area contributed by atoms with E-state index in [1.807, 2.05) is 24.3 Å². The molecule has 128 valence electrons. The highest BCUT2D eigenvalue weighted by Crippen LogP contribution is 2.16. The third-order valence-corrected chi connectivity index (χ3v) is 3.61. The molecule has 0 aromatic heterocycles. The molecule has 3 N–H and O–H groups in total. The lowest BCUT2D eigenvalue weighted by molar-refractivity contribution is 0.0325. The van der Waals surface area contributed by atoms with Gasteiger partial charge in [0.2, 0.25) is 0 Å². The van der Waals surface area contributed by atoms with E-state index in [1.165, 1.54) is 0 Å². The molecule has 0 fully saturated rings. The van der Waals surface area contributed by atoms with Crippen molar-refractivity contribution in [1.82, 2.24) is 10.2 Å². The summed E-state index contributed by atoms with van der Waals surface area (Å²) in [5, 5.41) is 2.72. The number of imide groups is 1. The molecule has 3 amide bonds. The average Bonchev–Trinajstić information content (AvgIpc) is 2.44. The number of rotatable bonds is 5. The molecule has 0 heterocycles. The number of benzene rings is 1. The highest BCUT2D eigenvalue weighted by molar-refractivity contribution is 9.10. The summed E-state index contributed by atoms with van der Waals surface area (Å²) in [6.07, 6.45) is -0.0425. The number of carbonyl (C=O) groups excluding carboxylic acids is 2. The van der Waals surface area contributed by atoms with Gasteiger partial charge in [-0.05, 0) is 38.8 Å². The van der Waals surface area contributed by atoms with Crippen molar-refractivity contribution < 1.29 is 14.3 Å². The second-order valence-electron chi connectivity index (χ2n) is 5.99. The Morgan fingerprint density at radius 2 is 1.96 bits per heavy atom. The number of nitrogens with zero attached hydrogens (tertiary/aromatic N) is 1. The van der Waals surface area contributed by atoms with Crippen LogP contribution in [0.15, 0.2) is 28.7 Å². The summed E-state index contributed by atoms with van der Waals surface area (Å²) < 4.78 is 6.21. The Morgan fingerprint density at radius 3 is 2.52 bits per heavy atom. The molecule has 0 atom stereocenters. The van der Waals surface area contributed by atoms with Gasteiger partial charge in [0, 0.05) is 24.1 Å². The number of nitrogens with two attached hydrogens (primary N) is 1. The molecule has 0 radical (unpaired) electrons. The maximum Gasteiger partial charge on any atom is 0.418 e. The second kappa shape index (κ2) is 8.88. The third kappa shape index (κ3) is 7.00. The van der Waals surface area contributed by atoms with Crippen LogP contribution in [0.4, 0.5) is 9.59 Å². The fourth-order valence-corrected chi connectivity index (χ4v) is 2.31. The number of amides is 3. The number of carbonyl (C=O) groups is 2. The lowest BCUT2D eigenvalue weighted by Gasteiger charge is -2.26. The minimum atomic E-state index is -0.693. The van der Waals surface area contributed by atoms with Crippen LogP contribution in [0.25, 0.3) is 0 Å². The van der Waals surface area contributed by atoms with Crippen molar-refractivity contribution in [1.29, 1.82) is 0 Å². The largest absolute Gasteiger partial charge is 0.443 e. The van der Waals surface area contributed by atoms with Crippen LogP contribution in [-0.2, 0) is 11.2 Å². The Kier molecular flexibility index (Phi) is 7.51. The van der Waals surface area contributed by atoms with Crippen molar-refractivity contribution >= 4 is 28.1 Å². The Balaban J connectivity index is 2.57. The van der Waals surface area contributed by atoms with Crippen molar-refractivity contribution in [2.45, 2.75) is 32.8 Å². The van der Waals surface area contributed by atoms with Crippen molar-refractivity contribution in [2.24, 2.45) is 5.73 Å². The molecule has 0 aliphatic rings. The standard InChI is InChI=1S/C16H24BrN3O3/c1-16(2,3)23-15(22)20(11-9-18)14(21)19-10-8-12-6-4-5-7-13(12)17/h4-7H,8-11,18H2,1-3H3,(H,19,21). The first-order valence-corrected chi connectivity index (χ1v) is 8.25. The Hall–Kier alpha value is -1.60. The number of ether oxygens (including phenoxy) is 1. The van der Waals surface area contributed by atoms with Gasteiger partial charge in [0.05, 0.1) is 0 Å². The van der Waals surface area contributed by atoms with E-state index in [0.29, 0.717) is 13.0 Å². The molecule has 0 bridgehead atoms. The van der Waals surface area contributed by atoms with Crippen LogP contribution >= 0.6 is 15.9 Å². The van der Waals surface area contributed by atoms with Gasteiger partial charge in [-0.25, -0.2) is 14.5 Å². The molecule has 1 aromatic carbocycles. The lowest BCUT2D eigenvalue weighted by Crippen LogP contribution is -2.48. The van der Waals surface area contributed by atoms with Crippen molar-refractivity contribution in [3.8, 4) is 0 Å². The van der Waals surface area contributed by atoms with Crippen molar-refractivity contribution in [3.63, 3.8) is 0 Å². The molecule has 0 spiro atoms. The first-order valence-electron chi connectivity index (χ1n) is 7.46. The summed E-state index contributed by atoms with van der Waals surface area (Å²) in [7, 11) is 0. The summed E-state index contributed by atoms with van der Waals surface area (Å²) in [4.78, 5) is 25.2. The average molecular weight is 386 g/mol. The minimum Gasteiger partial charge on any atom is -0.443 e. The Labute approximate surface area is 145 Å². The van der Waals surface area contributed by atoms with E-state index in [9.17, 15) is 9.59 Å². The fourth-order valence-electron chi connectivity index (χ4n) is 1.82. The second-order valence-corrected chi connectivity index (χ2v) is 6.85. The molecule has 0 aliphatic heterocycles. The van der Waals surface area contributed by atoms with E-state index in [1.54, 1.807) is 20.8 Å². The first kappa shape index (κ1) is 19.4. The molecule has 0 saturated carbocycles. The predicted molar refractivity (Wildman–Crippen MR) is 93.2 cm³/mol. The van der Waals surface area contributed by atoms with E-state index in [4.69, 9.17) is 10.5 Å². The highest BCUT2D eigenvalue weighted by atomic mass is 79.9. The van der Waals surface area contributed by atoms with Crippen LogP contribution in [0, 0.1) is 0 Å². The normalized spacial score (nSPS) is 11.0. The molecule has 6 nitrogen and oxygen atoms in total. The van der Waals surface area contributed by atoms with Gasteiger partial charge in [-0.1, -0.05) is 34.1 Å². The van der Waals surface area contributed by atoms with Crippen LogP contribution < -0.4 is 11.1 Å². The molecule has 1 rings (SSSR count). The molecule has 0 unspecified atom stereocenters. The van der Waals surface area contributed by atoms with Gasteiger partial charge in [-0.3, -0.25) is 0 Å². The first-order chi connectivity index (χ1) is 10.7. The van der Waals surface area contributed by atoms with E-state index in [-0.39, 0.29) is 13.1 Å². The van der Waals surface area contributed by atoms with Crippen molar-refractivity contribution in [3.05, 3.63) is 34.3 Å². The van der Waals surface area contributed by atoms with E-state index >= 15 is 0 Å². The maximum atomic E-state index is 12.2. The summed E-state index contributed by atoms with van der Waals surface area (Å²) >= 11 is 3.46. The summed E-state index contributed by atoms with van der Waals surface area (Å²) in [6, 6.07) is 7.28. The van der Waals surface area contributed by atoms with E-state index < -0.39 is 17.7 Å². The predicted octanol–water partition coefficient (Wildman–Crippen LogP) is 2.90. The van der Waals surface area contributed by atoms with Gasteiger partial charge in [0.15, 0.2) is 0 Å². The monoisotopic (exact) mass is 385 g/mol. The molecule has 23 heavy (non-hydrogen) atoms. The van der Waals surface area contributed by atoms with Crippen LogP contribution in [0.1, 0.15) is 26.3 Å². The SMILES string of the molecule is CC(C)(C)OC(=O)N(CCN)C(=O)NCCc1ccccc1Br. The van der Waals surface area contributed by atoms with Gasteiger partial charge < -0.3 is 15.8 Å². The van der Waals surface area contributed by atoms with Crippen LogP contribution in [0.2, 0.25) is 0 Å². The third-order valence-electron chi connectivity index (χ3n) is 2.84. The Morgan fingerprint density at radius 1 is 1.30 bits per heavy atom. The van der Waals surface area contributed by atoms with E-state index in [0.717, 1.165) is 14.9 Å².